The third kappa shape index (κ3) is 5.57. The molecule has 0 aliphatic heterocycles. The number of aliphatic hydroxyl groups is 1. The van der Waals surface area contributed by atoms with E-state index >= 15 is 0 Å². The van der Waals surface area contributed by atoms with Crippen LogP contribution in [0.1, 0.15) is 20.3 Å². The van der Waals surface area contributed by atoms with Crippen LogP contribution in [0.2, 0.25) is 0 Å². The zero-order chi connectivity index (χ0) is 10.4. The van der Waals surface area contributed by atoms with E-state index < -0.39 is 18.2 Å². The maximum absolute atomic E-state index is 10.4. The van der Waals surface area contributed by atoms with Gasteiger partial charge in [-0.15, -0.1) is 0 Å². The van der Waals surface area contributed by atoms with Gasteiger partial charge in [-0.3, -0.25) is 10.1 Å². The van der Waals surface area contributed by atoms with Crippen molar-refractivity contribution in [1.82, 2.24) is 10.6 Å². The molecular weight excluding hydrogens is 172 g/mol. The Balaban J connectivity index is 4.10. The first-order valence-electron chi connectivity index (χ1n) is 4.30. The second-order valence-corrected chi connectivity index (χ2v) is 3.26. The molecule has 0 bridgehead atoms. The minimum absolute atomic E-state index is 0.0970. The molecular formula is C8H18N2O3. The van der Waals surface area contributed by atoms with Crippen molar-refractivity contribution in [2.45, 2.75) is 38.6 Å². The number of carboxylic acid groups (broad SMARTS) is 1. The summed E-state index contributed by atoms with van der Waals surface area (Å²) in [5.74, 6) is -0.924. The van der Waals surface area contributed by atoms with E-state index in [9.17, 15) is 9.90 Å². The van der Waals surface area contributed by atoms with Crippen molar-refractivity contribution in [1.29, 1.82) is 0 Å². The molecule has 0 aliphatic carbocycles. The van der Waals surface area contributed by atoms with Crippen LogP contribution in [0.5, 0.6) is 0 Å². The predicted molar refractivity (Wildman–Crippen MR) is 49.4 cm³/mol. The molecule has 4 N–H and O–H groups in total. The molecule has 2 atom stereocenters. The van der Waals surface area contributed by atoms with Crippen LogP contribution in [-0.4, -0.2) is 41.5 Å². The highest BCUT2D eigenvalue weighted by molar-refractivity contribution is 5.67. The van der Waals surface area contributed by atoms with Gasteiger partial charge in [0.1, 0.15) is 6.23 Å². The van der Waals surface area contributed by atoms with Gasteiger partial charge in [-0.1, -0.05) is 13.8 Å². The summed E-state index contributed by atoms with van der Waals surface area (Å²) in [6, 6.07) is -0.310. The van der Waals surface area contributed by atoms with Gasteiger partial charge in [-0.05, 0) is 7.05 Å². The Morgan fingerprint density at radius 2 is 2.00 bits per heavy atom. The Morgan fingerprint density at radius 3 is 2.31 bits per heavy atom. The highest BCUT2D eigenvalue weighted by Gasteiger charge is 2.20. The molecule has 0 saturated heterocycles. The summed E-state index contributed by atoms with van der Waals surface area (Å²) < 4.78 is 0. The minimum Gasteiger partial charge on any atom is -0.481 e. The third-order valence-electron chi connectivity index (χ3n) is 1.62. The second-order valence-electron chi connectivity index (χ2n) is 3.26. The summed E-state index contributed by atoms with van der Waals surface area (Å²) in [6.45, 7) is 3.80. The van der Waals surface area contributed by atoms with Gasteiger partial charge in [0, 0.05) is 6.04 Å². The average molecular weight is 190 g/mol. The molecule has 78 valence electrons. The third-order valence-corrected chi connectivity index (χ3v) is 1.62. The maximum atomic E-state index is 10.4. The van der Waals surface area contributed by atoms with E-state index in [-0.39, 0.29) is 12.5 Å². The van der Waals surface area contributed by atoms with Crippen LogP contribution in [0.4, 0.5) is 0 Å². The van der Waals surface area contributed by atoms with Crippen molar-refractivity contribution < 1.29 is 15.0 Å². The number of aliphatic carboxylic acids is 1. The number of hydrogen-bond donors (Lipinski definition) is 4. The molecule has 0 aliphatic rings. The highest BCUT2D eigenvalue weighted by atomic mass is 16.4. The summed E-state index contributed by atoms with van der Waals surface area (Å²) in [6.07, 6.45) is -0.932. The van der Waals surface area contributed by atoms with Crippen LogP contribution in [0.3, 0.4) is 0 Å². The Bertz CT molecular complexity index is 161. The number of hydrogen-bond acceptors (Lipinski definition) is 4. The van der Waals surface area contributed by atoms with E-state index in [4.69, 9.17) is 5.11 Å². The lowest BCUT2D eigenvalue weighted by Crippen LogP contribution is -2.50. The summed E-state index contributed by atoms with van der Waals surface area (Å²) >= 11 is 0. The normalized spacial score (nSPS) is 15.8. The fraction of sp³-hybridized carbons (Fsp3) is 0.875. The quantitative estimate of drug-likeness (QED) is 0.419. The highest BCUT2D eigenvalue weighted by Crippen LogP contribution is 1.98. The zero-order valence-electron chi connectivity index (χ0n) is 8.24. The molecule has 0 rings (SSSR count). The Hall–Kier alpha value is -0.650. The van der Waals surface area contributed by atoms with Gasteiger partial charge < -0.3 is 15.5 Å². The second kappa shape index (κ2) is 5.90. The van der Waals surface area contributed by atoms with E-state index in [2.05, 4.69) is 10.6 Å². The molecule has 0 saturated carbocycles. The van der Waals surface area contributed by atoms with Gasteiger partial charge in [-0.25, -0.2) is 0 Å². The van der Waals surface area contributed by atoms with Crippen LogP contribution in [0, 0.1) is 0 Å². The van der Waals surface area contributed by atoms with Crippen molar-refractivity contribution in [3.05, 3.63) is 0 Å². The first-order chi connectivity index (χ1) is 5.97. The first-order valence-corrected chi connectivity index (χ1v) is 4.30. The Kier molecular flexibility index (Phi) is 5.61. The lowest BCUT2D eigenvalue weighted by Gasteiger charge is -2.24. The minimum atomic E-state index is -0.924. The summed E-state index contributed by atoms with van der Waals surface area (Å²) in [7, 11) is 1.58. The smallest absolute Gasteiger partial charge is 0.305 e. The van der Waals surface area contributed by atoms with Crippen molar-refractivity contribution in [3.63, 3.8) is 0 Å². The standard InChI is InChI=1S/C8H18N2O3/c1-5(2)10-6(4-7(11)12)8(13)9-3/h5-6,8-10,13H,4H2,1-3H3,(H,11,12). The number of carboxylic acids is 1. The van der Waals surface area contributed by atoms with Crippen LogP contribution in [0.15, 0.2) is 0 Å². The maximum Gasteiger partial charge on any atom is 0.305 e. The molecule has 5 heteroatoms. The van der Waals surface area contributed by atoms with Crippen molar-refractivity contribution in [3.8, 4) is 0 Å². The Labute approximate surface area is 78.1 Å². The summed E-state index contributed by atoms with van der Waals surface area (Å²) in [4.78, 5) is 10.4. The molecule has 0 heterocycles. The van der Waals surface area contributed by atoms with E-state index in [1.807, 2.05) is 13.8 Å². The predicted octanol–water partition coefficient (Wildman–Crippen LogP) is -0.634. The van der Waals surface area contributed by atoms with Crippen LogP contribution >= 0.6 is 0 Å². The zero-order valence-corrected chi connectivity index (χ0v) is 8.24. The van der Waals surface area contributed by atoms with Gasteiger partial charge in [0.25, 0.3) is 0 Å². The fourth-order valence-electron chi connectivity index (χ4n) is 1.08. The molecule has 2 unspecified atom stereocenters. The van der Waals surface area contributed by atoms with Crippen LogP contribution < -0.4 is 10.6 Å². The number of aliphatic hydroxyl groups excluding tert-OH is 1. The van der Waals surface area contributed by atoms with Gasteiger partial charge >= 0.3 is 5.97 Å². The molecule has 0 aromatic heterocycles. The van der Waals surface area contributed by atoms with E-state index in [0.29, 0.717) is 0 Å². The van der Waals surface area contributed by atoms with Gasteiger partial charge in [0.15, 0.2) is 0 Å². The fourth-order valence-corrected chi connectivity index (χ4v) is 1.08. The largest absolute Gasteiger partial charge is 0.481 e. The van der Waals surface area contributed by atoms with Gasteiger partial charge in [0.2, 0.25) is 0 Å². The van der Waals surface area contributed by atoms with Gasteiger partial charge in [-0.2, -0.15) is 0 Å². The number of carbonyl (C=O) groups is 1. The molecule has 13 heavy (non-hydrogen) atoms. The molecule has 0 aromatic carbocycles. The molecule has 5 nitrogen and oxygen atoms in total. The van der Waals surface area contributed by atoms with Crippen molar-refractivity contribution in [2.75, 3.05) is 7.05 Å². The van der Waals surface area contributed by atoms with Crippen molar-refractivity contribution in [2.24, 2.45) is 0 Å². The van der Waals surface area contributed by atoms with Crippen LogP contribution in [0.25, 0.3) is 0 Å². The topological polar surface area (TPSA) is 81.6 Å². The molecule has 0 aromatic rings. The number of likely N-dealkylation sites (N-methyl/N-ethyl adjacent to an activating group) is 1. The van der Waals surface area contributed by atoms with Crippen molar-refractivity contribution >= 4 is 5.97 Å². The average Bonchev–Trinajstić information content (AvgIpc) is 2.00. The summed E-state index contributed by atoms with van der Waals surface area (Å²) in [5.41, 5.74) is 0. The Morgan fingerprint density at radius 1 is 1.46 bits per heavy atom. The lowest BCUT2D eigenvalue weighted by atomic mass is 10.1. The van der Waals surface area contributed by atoms with E-state index in [1.54, 1.807) is 7.05 Å². The summed E-state index contributed by atoms with van der Waals surface area (Å²) in [5, 5.41) is 23.5. The molecule has 0 fully saturated rings. The molecule has 0 radical (unpaired) electrons. The number of rotatable bonds is 6. The first kappa shape index (κ1) is 12.3. The van der Waals surface area contributed by atoms with Gasteiger partial charge in [0.05, 0.1) is 12.5 Å². The SMILES string of the molecule is CNC(O)C(CC(=O)O)NC(C)C. The monoisotopic (exact) mass is 190 g/mol. The molecule has 0 spiro atoms. The van der Waals surface area contributed by atoms with E-state index in [0.717, 1.165) is 0 Å². The number of nitrogens with one attached hydrogen (secondary N) is 2. The molecule has 0 amide bonds. The van der Waals surface area contributed by atoms with Crippen LogP contribution in [-0.2, 0) is 4.79 Å². The van der Waals surface area contributed by atoms with E-state index in [1.165, 1.54) is 0 Å². The lowest BCUT2D eigenvalue weighted by molar-refractivity contribution is -0.138.